The molecule has 0 saturated carbocycles. The number of carbonyl (C=O) groups excluding carboxylic acids is 1. The Morgan fingerprint density at radius 1 is 1.60 bits per heavy atom. The van der Waals surface area contributed by atoms with Gasteiger partial charge in [-0.2, -0.15) is 0 Å². The van der Waals surface area contributed by atoms with E-state index in [0.717, 1.165) is 24.7 Å². The molecule has 0 bridgehead atoms. The van der Waals surface area contributed by atoms with Gasteiger partial charge in [-0.1, -0.05) is 38.5 Å². The Morgan fingerprint density at radius 2 is 2.27 bits per heavy atom. The Bertz CT molecular complexity index is 294. The minimum Gasteiger partial charge on any atom is -0.298 e. The molecule has 1 nitrogen and oxygen atoms in total. The molecular formula is C14H22O. The van der Waals surface area contributed by atoms with Crippen LogP contribution in [0.4, 0.5) is 0 Å². The largest absolute Gasteiger partial charge is 0.298 e. The molecule has 0 heterocycles. The molecule has 0 aromatic heterocycles. The Hall–Kier alpha value is -0.850. The first kappa shape index (κ1) is 12.2. The van der Waals surface area contributed by atoms with Crippen LogP contribution in [0.15, 0.2) is 23.3 Å². The summed E-state index contributed by atoms with van der Waals surface area (Å²) in [6.07, 6.45) is 8.74. The van der Waals surface area contributed by atoms with Gasteiger partial charge in [-0.05, 0) is 43.1 Å². The quantitative estimate of drug-likeness (QED) is 0.387. The van der Waals surface area contributed by atoms with Gasteiger partial charge in [0.2, 0.25) is 0 Å². The van der Waals surface area contributed by atoms with E-state index < -0.39 is 0 Å². The highest BCUT2D eigenvalue weighted by atomic mass is 16.1. The topological polar surface area (TPSA) is 17.1 Å². The molecule has 0 spiro atoms. The van der Waals surface area contributed by atoms with Crippen LogP contribution in [0.3, 0.4) is 0 Å². The lowest BCUT2D eigenvalue weighted by atomic mass is 9.75. The second kappa shape index (κ2) is 4.78. The summed E-state index contributed by atoms with van der Waals surface area (Å²) in [5, 5.41) is 0. The molecule has 0 N–H and O–H groups in total. The molecule has 0 amide bonds. The van der Waals surface area contributed by atoms with Gasteiger partial charge in [0.15, 0.2) is 0 Å². The standard InChI is InChI=1S/C14H22O/c1-5-12-8-9-13(14(12,3)4)7-6-11(2)10-15/h6,8,10,13H,5,7,9H2,1-4H3. The van der Waals surface area contributed by atoms with Crippen LogP contribution in [0.5, 0.6) is 0 Å². The zero-order valence-corrected chi connectivity index (χ0v) is 10.3. The number of aldehydes is 1. The van der Waals surface area contributed by atoms with Crippen LogP contribution in [-0.4, -0.2) is 6.29 Å². The summed E-state index contributed by atoms with van der Waals surface area (Å²) in [6.45, 7) is 8.75. The lowest BCUT2D eigenvalue weighted by Gasteiger charge is -2.30. The fourth-order valence-corrected chi connectivity index (χ4v) is 2.47. The highest BCUT2D eigenvalue weighted by Gasteiger charge is 2.35. The number of rotatable bonds is 4. The molecule has 1 heteroatoms. The minimum absolute atomic E-state index is 0.314. The fourth-order valence-electron chi connectivity index (χ4n) is 2.47. The maximum Gasteiger partial charge on any atom is 0.145 e. The third kappa shape index (κ3) is 2.58. The van der Waals surface area contributed by atoms with Crippen molar-refractivity contribution in [3.05, 3.63) is 23.3 Å². The van der Waals surface area contributed by atoms with E-state index in [4.69, 9.17) is 0 Å². The Labute approximate surface area is 93.3 Å². The zero-order chi connectivity index (χ0) is 11.5. The molecule has 15 heavy (non-hydrogen) atoms. The molecular weight excluding hydrogens is 184 g/mol. The molecule has 1 unspecified atom stereocenters. The van der Waals surface area contributed by atoms with Crippen molar-refractivity contribution in [2.45, 2.75) is 47.0 Å². The lowest BCUT2D eigenvalue weighted by Crippen LogP contribution is -2.20. The van der Waals surface area contributed by atoms with Gasteiger partial charge in [0.1, 0.15) is 6.29 Å². The van der Waals surface area contributed by atoms with Crippen LogP contribution in [0.2, 0.25) is 0 Å². The molecule has 0 radical (unpaired) electrons. The van der Waals surface area contributed by atoms with Gasteiger partial charge in [-0.15, -0.1) is 0 Å². The molecule has 1 aliphatic rings. The summed E-state index contributed by atoms with van der Waals surface area (Å²) in [5.41, 5.74) is 2.74. The number of hydrogen-bond acceptors (Lipinski definition) is 1. The van der Waals surface area contributed by atoms with Crippen LogP contribution >= 0.6 is 0 Å². The molecule has 84 valence electrons. The van der Waals surface area contributed by atoms with Gasteiger partial charge in [-0.25, -0.2) is 0 Å². The van der Waals surface area contributed by atoms with E-state index >= 15 is 0 Å². The SMILES string of the molecule is CCC1=CCC(CC=C(C)C=O)C1(C)C. The fraction of sp³-hybridized carbons (Fsp3) is 0.643. The van der Waals surface area contributed by atoms with Crippen LogP contribution < -0.4 is 0 Å². The first-order chi connectivity index (χ1) is 7.02. The first-order valence-corrected chi connectivity index (χ1v) is 5.83. The average Bonchev–Trinajstić information content (AvgIpc) is 2.49. The van der Waals surface area contributed by atoms with Crippen LogP contribution in [0, 0.1) is 11.3 Å². The summed E-state index contributed by atoms with van der Waals surface area (Å²) in [4.78, 5) is 10.5. The van der Waals surface area contributed by atoms with Crippen molar-refractivity contribution >= 4 is 6.29 Å². The lowest BCUT2D eigenvalue weighted by molar-refractivity contribution is -0.104. The van der Waals surface area contributed by atoms with Crippen LogP contribution in [0.25, 0.3) is 0 Å². The summed E-state index contributed by atoms with van der Waals surface area (Å²) >= 11 is 0. The Morgan fingerprint density at radius 3 is 2.73 bits per heavy atom. The first-order valence-electron chi connectivity index (χ1n) is 5.83. The molecule has 0 aromatic carbocycles. The van der Waals surface area contributed by atoms with Crippen molar-refractivity contribution in [3.8, 4) is 0 Å². The molecule has 0 saturated heterocycles. The monoisotopic (exact) mass is 206 g/mol. The minimum atomic E-state index is 0.314. The van der Waals surface area contributed by atoms with E-state index in [1.165, 1.54) is 6.42 Å². The van der Waals surface area contributed by atoms with E-state index in [0.29, 0.717) is 11.3 Å². The summed E-state index contributed by atoms with van der Waals surface area (Å²) in [7, 11) is 0. The van der Waals surface area contributed by atoms with Crippen molar-refractivity contribution in [1.82, 2.24) is 0 Å². The van der Waals surface area contributed by atoms with Gasteiger partial charge in [-0.3, -0.25) is 4.79 Å². The second-order valence-corrected chi connectivity index (χ2v) is 5.04. The van der Waals surface area contributed by atoms with Crippen molar-refractivity contribution in [3.63, 3.8) is 0 Å². The molecule has 1 atom stereocenters. The molecule has 1 rings (SSSR count). The molecule has 0 aliphatic heterocycles. The van der Waals surface area contributed by atoms with Gasteiger partial charge in [0, 0.05) is 0 Å². The molecule has 0 aromatic rings. The Balaban J connectivity index is 2.65. The van der Waals surface area contributed by atoms with E-state index in [2.05, 4.69) is 32.9 Å². The third-order valence-electron chi connectivity index (χ3n) is 3.79. The van der Waals surface area contributed by atoms with Gasteiger partial charge in [0.25, 0.3) is 0 Å². The molecule has 1 aliphatic carbocycles. The second-order valence-electron chi connectivity index (χ2n) is 5.04. The number of hydrogen-bond donors (Lipinski definition) is 0. The molecule has 0 fully saturated rings. The Kier molecular flexibility index (Phi) is 3.90. The predicted octanol–water partition coefficient (Wildman–Crippen LogP) is 3.90. The van der Waals surface area contributed by atoms with E-state index in [1.54, 1.807) is 5.57 Å². The van der Waals surface area contributed by atoms with E-state index in [-0.39, 0.29) is 0 Å². The highest BCUT2D eigenvalue weighted by molar-refractivity contribution is 5.71. The van der Waals surface area contributed by atoms with E-state index in [1.807, 2.05) is 6.92 Å². The van der Waals surface area contributed by atoms with Crippen molar-refractivity contribution in [2.24, 2.45) is 11.3 Å². The number of carbonyl (C=O) groups is 1. The average molecular weight is 206 g/mol. The smallest absolute Gasteiger partial charge is 0.145 e. The maximum atomic E-state index is 10.5. The van der Waals surface area contributed by atoms with Gasteiger partial charge in [0.05, 0.1) is 0 Å². The van der Waals surface area contributed by atoms with Crippen molar-refractivity contribution in [1.29, 1.82) is 0 Å². The predicted molar refractivity (Wildman–Crippen MR) is 64.7 cm³/mol. The van der Waals surface area contributed by atoms with Gasteiger partial charge >= 0.3 is 0 Å². The highest BCUT2D eigenvalue weighted by Crippen LogP contribution is 2.46. The van der Waals surface area contributed by atoms with Crippen LogP contribution in [0.1, 0.15) is 47.0 Å². The normalized spacial score (nSPS) is 25.2. The number of allylic oxidation sites excluding steroid dienone is 4. The third-order valence-corrected chi connectivity index (χ3v) is 3.79. The summed E-state index contributed by atoms with van der Waals surface area (Å²) in [5.74, 6) is 0.669. The zero-order valence-electron chi connectivity index (χ0n) is 10.3. The summed E-state index contributed by atoms with van der Waals surface area (Å²) in [6, 6.07) is 0. The van der Waals surface area contributed by atoms with Crippen molar-refractivity contribution in [2.75, 3.05) is 0 Å². The van der Waals surface area contributed by atoms with E-state index in [9.17, 15) is 4.79 Å². The van der Waals surface area contributed by atoms with Crippen molar-refractivity contribution < 1.29 is 4.79 Å². The summed E-state index contributed by atoms with van der Waals surface area (Å²) < 4.78 is 0. The maximum absolute atomic E-state index is 10.5. The van der Waals surface area contributed by atoms with Crippen LogP contribution in [-0.2, 0) is 4.79 Å². The van der Waals surface area contributed by atoms with Gasteiger partial charge < -0.3 is 0 Å².